The van der Waals surface area contributed by atoms with E-state index in [0.717, 1.165) is 73.7 Å². The zero-order valence-corrected chi connectivity index (χ0v) is 31.3. The van der Waals surface area contributed by atoms with Gasteiger partial charge in [-0.1, -0.05) is 48.5 Å². The molecule has 55 heavy (non-hydrogen) atoms. The molecule has 3 saturated heterocycles. The van der Waals surface area contributed by atoms with Gasteiger partial charge in [0, 0.05) is 76.6 Å². The third-order valence-electron chi connectivity index (χ3n) is 12.4. The maximum Gasteiger partial charge on any atom is 0.329 e. The highest BCUT2D eigenvalue weighted by Crippen LogP contribution is 2.46. The molecule has 0 unspecified atom stereocenters. The summed E-state index contributed by atoms with van der Waals surface area (Å²) in [4.78, 5) is 45.1. The number of benzene rings is 4. The van der Waals surface area contributed by atoms with Crippen LogP contribution >= 0.6 is 0 Å². The molecule has 284 valence electrons. The minimum atomic E-state index is -0.679. The number of hydrogen-bond donors (Lipinski definition) is 2. The van der Waals surface area contributed by atoms with Gasteiger partial charge in [-0.05, 0) is 89.9 Å². The number of nitrogens with one attached hydrogen (secondary N) is 1. The highest BCUT2D eigenvalue weighted by Gasteiger charge is 2.34. The average molecular weight is 741 g/mol. The molecule has 0 aliphatic carbocycles. The van der Waals surface area contributed by atoms with Crippen molar-refractivity contribution in [1.29, 1.82) is 0 Å². The van der Waals surface area contributed by atoms with Gasteiger partial charge in [-0.15, -0.1) is 0 Å². The summed E-state index contributed by atoms with van der Waals surface area (Å²) >= 11 is 0. The van der Waals surface area contributed by atoms with E-state index in [4.69, 9.17) is 4.74 Å². The van der Waals surface area contributed by atoms with Crippen LogP contribution < -0.4 is 20.8 Å². The Bertz CT molecular complexity index is 2270. The maximum atomic E-state index is 13.2. The average Bonchev–Trinajstić information content (AvgIpc) is 3.46. The van der Waals surface area contributed by atoms with Crippen molar-refractivity contribution in [2.75, 3.05) is 55.6 Å². The second-order valence-electron chi connectivity index (χ2n) is 15.7. The van der Waals surface area contributed by atoms with Crippen molar-refractivity contribution in [1.82, 2.24) is 19.4 Å². The number of phenolic OH excluding ortho intramolecular Hbond substituents is 1. The number of fused-ring (bicyclic) bond motifs is 2. The lowest BCUT2D eigenvalue weighted by molar-refractivity contribution is -0.135. The quantitative estimate of drug-likeness (QED) is 0.212. The van der Waals surface area contributed by atoms with E-state index in [1.165, 1.54) is 29.7 Å². The highest BCUT2D eigenvalue weighted by molar-refractivity contribution is 6.00. The zero-order chi connectivity index (χ0) is 37.6. The number of hydrogen-bond acceptors (Lipinski definition) is 8. The number of anilines is 2. The number of amides is 2. The smallest absolute Gasteiger partial charge is 0.329 e. The molecular formula is C44H48N6O5. The number of ether oxygens (including phenoxy) is 1. The minimum absolute atomic E-state index is 0.0376. The summed E-state index contributed by atoms with van der Waals surface area (Å²) in [6, 6.07) is 30.6. The number of nitrogens with zero attached hydrogens (tertiary/aromatic N) is 5. The second kappa shape index (κ2) is 14.7. The zero-order valence-electron chi connectivity index (χ0n) is 31.3. The monoisotopic (exact) mass is 740 g/mol. The Labute approximate surface area is 320 Å². The first-order valence-electron chi connectivity index (χ1n) is 19.7. The summed E-state index contributed by atoms with van der Waals surface area (Å²) < 4.78 is 9.60. The molecule has 0 saturated carbocycles. The van der Waals surface area contributed by atoms with Crippen LogP contribution in [-0.2, 0) is 28.0 Å². The Kier molecular flexibility index (Phi) is 9.43. The summed E-state index contributed by atoms with van der Waals surface area (Å²) in [5.41, 5.74) is 8.24. The second-order valence-corrected chi connectivity index (χ2v) is 15.7. The fourth-order valence-electron chi connectivity index (χ4n) is 9.34. The van der Waals surface area contributed by atoms with Crippen molar-refractivity contribution in [3.8, 4) is 5.75 Å². The number of piperazine rings is 1. The van der Waals surface area contributed by atoms with Crippen LogP contribution in [0.2, 0.25) is 0 Å². The predicted octanol–water partition coefficient (Wildman–Crippen LogP) is 5.47. The van der Waals surface area contributed by atoms with Crippen LogP contribution in [0.1, 0.15) is 66.0 Å². The van der Waals surface area contributed by atoms with Crippen molar-refractivity contribution in [3.05, 3.63) is 124 Å². The van der Waals surface area contributed by atoms with E-state index >= 15 is 0 Å². The van der Waals surface area contributed by atoms with E-state index in [-0.39, 0.29) is 35.8 Å². The van der Waals surface area contributed by atoms with Crippen molar-refractivity contribution >= 4 is 34.2 Å². The Hall–Kier alpha value is -5.39. The van der Waals surface area contributed by atoms with Gasteiger partial charge in [0.2, 0.25) is 11.8 Å². The molecule has 0 bridgehead atoms. The molecule has 4 aliphatic heterocycles. The molecule has 5 aromatic rings. The van der Waals surface area contributed by atoms with E-state index in [2.05, 4.69) is 86.7 Å². The van der Waals surface area contributed by atoms with Gasteiger partial charge < -0.3 is 19.6 Å². The van der Waals surface area contributed by atoms with Crippen LogP contribution in [0.5, 0.6) is 5.75 Å². The van der Waals surface area contributed by atoms with E-state index in [0.29, 0.717) is 18.9 Å². The topological polar surface area (TPSA) is 112 Å². The number of imidazole rings is 1. The molecule has 3 atom stereocenters. The van der Waals surface area contributed by atoms with E-state index in [1.54, 1.807) is 22.2 Å². The van der Waals surface area contributed by atoms with Crippen LogP contribution in [0.3, 0.4) is 0 Å². The molecular weight excluding hydrogens is 693 g/mol. The summed E-state index contributed by atoms with van der Waals surface area (Å²) in [7, 11) is 1.75. The number of aromatic nitrogens is 2. The largest absolute Gasteiger partial charge is 0.508 e. The number of aryl methyl sites for hydroxylation is 1. The summed E-state index contributed by atoms with van der Waals surface area (Å²) in [6.45, 7) is 7.50. The van der Waals surface area contributed by atoms with Gasteiger partial charge in [0.05, 0.1) is 23.7 Å². The Morgan fingerprint density at radius 3 is 2.22 bits per heavy atom. The van der Waals surface area contributed by atoms with E-state index in [9.17, 15) is 19.5 Å². The molecule has 4 aromatic carbocycles. The molecule has 2 N–H and O–H groups in total. The fourth-order valence-corrected chi connectivity index (χ4v) is 9.34. The molecule has 11 nitrogen and oxygen atoms in total. The number of rotatable bonds is 7. The number of aromatic hydroxyl groups is 1. The first-order valence-corrected chi connectivity index (χ1v) is 19.7. The number of piperidine rings is 2. The van der Waals surface area contributed by atoms with Gasteiger partial charge in [0.25, 0.3) is 0 Å². The predicted molar refractivity (Wildman–Crippen MR) is 213 cm³/mol. The molecule has 3 fully saturated rings. The Morgan fingerprint density at radius 2 is 1.47 bits per heavy atom. The first-order chi connectivity index (χ1) is 26.8. The molecule has 0 spiro atoms. The van der Waals surface area contributed by atoms with Gasteiger partial charge >= 0.3 is 5.69 Å². The van der Waals surface area contributed by atoms with E-state index in [1.807, 2.05) is 18.2 Å². The fraction of sp³-hybridized carbons (Fsp3) is 0.386. The number of imide groups is 1. The lowest BCUT2D eigenvalue weighted by Gasteiger charge is -2.40. The SMILES string of the molecule is Cn1c(=O)n([C@H]2CCC(=O)NC2=O)c2ccc(N3CCN(CC4CCN(c5ccc([C@@H]6c7ccc(O)cc7CO[C@@H]6c6ccccc6)cc5)CC4)CC3)cc21. The molecule has 11 heteroatoms. The Morgan fingerprint density at radius 1 is 0.745 bits per heavy atom. The van der Waals surface area contributed by atoms with Gasteiger partial charge in [0.1, 0.15) is 11.8 Å². The Balaban J connectivity index is 0.804. The molecule has 0 radical (unpaired) electrons. The summed E-state index contributed by atoms with van der Waals surface area (Å²) in [5.74, 6) is 0.270. The number of phenols is 1. The van der Waals surface area contributed by atoms with Gasteiger partial charge in [-0.3, -0.25) is 28.9 Å². The van der Waals surface area contributed by atoms with Crippen molar-refractivity contribution in [2.24, 2.45) is 13.0 Å². The first kappa shape index (κ1) is 35.3. The van der Waals surface area contributed by atoms with Crippen LogP contribution in [0, 0.1) is 5.92 Å². The number of carbonyl (C=O) groups excluding carboxylic acids is 2. The third kappa shape index (κ3) is 6.80. The van der Waals surface area contributed by atoms with Gasteiger partial charge in [-0.2, -0.15) is 0 Å². The van der Waals surface area contributed by atoms with E-state index < -0.39 is 11.9 Å². The van der Waals surface area contributed by atoms with Crippen LogP contribution in [0.15, 0.2) is 95.8 Å². The van der Waals surface area contributed by atoms with Crippen LogP contribution in [0.25, 0.3) is 11.0 Å². The molecule has 4 aliphatic rings. The minimum Gasteiger partial charge on any atom is -0.508 e. The lowest BCUT2D eigenvalue weighted by Crippen LogP contribution is -2.49. The lowest BCUT2D eigenvalue weighted by atomic mass is 9.79. The van der Waals surface area contributed by atoms with Crippen molar-refractivity contribution in [2.45, 2.75) is 50.4 Å². The standard InChI is InChI=1S/C44H48N6O5/c1-46-39-26-34(11-14-37(39)50(44(46)54)38-15-16-40(52)45-43(38)53)49-23-21-47(22-24-49)27-29-17-19-48(20-18-29)33-9-7-30(8-10-33)41-36-13-12-35(51)25-32(36)28-55-42(41)31-5-3-2-4-6-31/h2-14,25-26,29,38,41-42,51H,15-24,27-28H2,1H3,(H,45,52,53)/t38-,41+,42+/m0/s1. The third-order valence-corrected chi connectivity index (χ3v) is 12.4. The molecule has 9 rings (SSSR count). The van der Waals surface area contributed by atoms with Crippen molar-refractivity contribution < 1.29 is 19.4 Å². The van der Waals surface area contributed by atoms with Crippen LogP contribution in [0.4, 0.5) is 11.4 Å². The maximum absolute atomic E-state index is 13.2. The molecule has 2 amide bonds. The molecule has 1 aromatic heterocycles. The number of carbonyl (C=O) groups is 2. The normalized spacial score (nSPS) is 22.5. The van der Waals surface area contributed by atoms with Gasteiger partial charge in [-0.25, -0.2) is 4.79 Å². The highest BCUT2D eigenvalue weighted by atomic mass is 16.5. The molecule has 5 heterocycles. The van der Waals surface area contributed by atoms with Crippen molar-refractivity contribution in [3.63, 3.8) is 0 Å². The summed E-state index contributed by atoms with van der Waals surface area (Å²) in [6.07, 6.45) is 2.79. The van der Waals surface area contributed by atoms with Gasteiger partial charge in [0.15, 0.2) is 0 Å². The summed E-state index contributed by atoms with van der Waals surface area (Å²) in [5, 5.41) is 12.6. The van der Waals surface area contributed by atoms with Crippen LogP contribution in [-0.4, -0.2) is 76.8 Å².